The maximum atomic E-state index is 6.32. The number of halogens is 1. The second-order valence-electron chi connectivity index (χ2n) is 7.51. The van der Waals surface area contributed by atoms with Gasteiger partial charge in [-0.05, 0) is 81.4 Å². The summed E-state index contributed by atoms with van der Waals surface area (Å²) in [5, 5.41) is 5.02. The highest BCUT2D eigenvalue weighted by Crippen LogP contribution is 2.41. The van der Waals surface area contributed by atoms with Crippen molar-refractivity contribution in [2.75, 3.05) is 6.54 Å². The van der Waals surface area contributed by atoms with E-state index in [1.54, 1.807) is 0 Å². The molecule has 1 fully saturated rings. The summed E-state index contributed by atoms with van der Waals surface area (Å²) in [4.78, 5) is 6.86. The molecule has 29 heavy (non-hydrogen) atoms. The van der Waals surface area contributed by atoms with Gasteiger partial charge in [0.15, 0.2) is 5.11 Å². The van der Waals surface area contributed by atoms with Crippen molar-refractivity contribution >= 4 is 28.9 Å². The molecule has 1 saturated heterocycles. The Kier molecular flexibility index (Phi) is 5.36. The zero-order valence-electron chi connectivity index (χ0n) is 17.1. The number of aromatic nitrogens is 2. The van der Waals surface area contributed by atoms with Gasteiger partial charge in [-0.2, -0.15) is 0 Å². The lowest BCUT2D eigenvalue weighted by Crippen LogP contribution is -2.29. The fraction of sp³-hybridized carbons (Fsp3) is 0.304. The van der Waals surface area contributed by atoms with E-state index < -0.39 is 0 Å². The van der Waals surface area contributed by atoms with E-state index in [-0.39, 0.29) is 12.1 Å². The third-order valence-electron chi connectivity index (χ3n) is 5.74. The first-order valence-electron chi connectivity index (χ1n) is 9.85. The second-order valence-corrected chi connectivity index (χ2v) is 8.33. The van der Waals surface area contributed by atoms with Crippen molar-refractivity contribution in [1.82, 2.24) is 19.8 Å². The molecule has 0 amide bonds. The van der Waals surface area contributed by atoms with Gasteiger partial charge in [-0.1, -0.05) is 23.7 Å². The molecule has 0 bridgehead atoms. The molecule has 0 unspecified atom stereocenters. The number of aryl methyl sites for hydroxylation is 2. The van der Waals surface area contributed by atoms with Crippen molar-refractivity contribution in [3.63, 3.8) is 0 Å². The Morgan fingerprint density at radius 1 is 1.14 bits per heavy atom. The lowest BCUT2D eigenvalue weighted by atomic mass is 9.97. The van der Waals surface area contributed by atoms with Gasteiger partial charge >= 0.3 is 0 Å². The van der Waals surface area contributed by atoms with Gasteiger partial charge in [-0.25, -0.2) is 0 Å². The molecule has 6 heteroatoms. The summed E-state index contributed by atoms with van der Waals surface area (Å²) in [7, 11) is 0. The van der Waals surface area contributed by atoms with Gasteiger partial charge in [0.1, 0.15) is 0 Å². The standard InChI is InChI=1S/C23H25ClN4S/c1-5-27-22(21(26-23(27)29)19-8-6-7-11-25-19)18-12-15(3)28(16(18)4)20-13-17(24)10-9-14(20)2/h6-13,21-22H,5H2,1-4H3,(H,26,29)/t21-,22-/m0/s1. The fourth-order valence-corrected chi connectivity index (χ4v) is 4.90. The van der Waals surface area contributed by atoms with Crippen LogP contribution in [0.4, 0.5) is 0 Å². The summed E-state index contributed by atoms with van der Waals surface area (Å²) in [6.07, 6.45) is 1.84. The highest BCUT2D eigenvalue weighted by molar-refractivity contribution is 7.80. The summed E-state index contributed by atoms with van der Waals surface area (Å²) >= 11 is 12.0. The van der Waals surface area contributed by atoms with E-state index in [4.69, 9.17) is 23.8 Å². The molecule has 1 aromatic carbocycles. The number of thiocarbonyl (C=S) groups is 1. The Balaban J connectivity index is 1.86. The molecule has 3 heterocycles. The average molecular weight is 425 g/mol. The molecule has 2 aromatic heterocycles. The molecule has 1 aliphatic rings. The zero-order valence-corrected chi connectivity index (χ0v) is 18.7. The van der Waals surface area contributed by atoms with Crippen LogP contribution < -0.4 is 5.32 Å². The number of nitrogens with one attached hydrogen (secondary N) is 1. The molecule has 4 rings (SSSR count). The third-order valence-corrected chi connectivity index (χ3v) is 6.33. The lowest BCUT2D eigenvalue weighted by Gasteiger charge is -2.27. The van der Waals surface area contributed by atoms with Gasteiger partial charge in [0.2, 0.25) is 0 Å². The fourth-order valence-electron chi connectivity index (χ4n) is 4.37. The number of pyridine rings is 1. The largest absolute Gasteiger partial charge is 0.352 e. The van der Waals surface area contributed by atoms with Crippen molar-refractivity contribution in [2.45, 2.75) is 39.8 Å². The average Bonchev–Trinajstić information content (AvgIpc) is 3.19. The minimum Gasteiger partial charge on any atom is -0.352 e. The predicted octanol–water partition coefficient (Wildman–Crippen LogP) is 5.44. The van der Waals surface area contributed by atoms with E-state index in [0.29, 0.717) is 0 Å². The maximum absolute atomic E-state index is 6.32. The first kappa shape index (κ1) is 19.9. The molecule has 1 aliphatic heterocycles. The number of nitrogens with zero attached hydrogens (tertiary/aromatic N) is 3. The van der Waals surface area contributed by atoms with Crippen LogP contribution in [0.3, 0.4) is 0 Å². The monoisotopic (exact) mass is 424 g/mol. The van der Waals surface area contributed by atoms with Crippen molar-refractivity contribution in [1.29, 1.82) is 0 Å². The van der Waals surface area contributed by atoms with Crippen molar-refractivity contribution in [3.05, 3.63) is 81.9 Å². The molecular weight excluding hydrogens is 400 g/mol. The number of hydrogen-bond donors (Lipinski definition) is 1. The maximum Gasteiger partial charge on any atom is 0.170 e. The minimum absolute atomic E-state index is 0.0121. The lowest BCUT2D eigenvalue weighted by molar-refractivity contribution is 0.329. The van der Waals surface area contributed by atoms with Crippen LogP contribution in [0.2, 0.25) is 5.02 Å². The molecule has 0 spiro atoms. The number of rotatable bonds is 4. The second kappa shape index (κ2) is 7.81. The van der Waals surface area contributed by atoms with Gasteiger partial charge in [0.05, 0.1) is 17.8 Å². The molecule has 1 N–H and O–H groups in total. The zero-order chi connectivity index (χ0) is 20.7. The number of benzene rings is 1. The first-order valence-corrected chi connectivity index (χ1v) is 10.6. The Morgan fingerprint density at radius 2 is 1.93 bits per heavy atom. The molecule has 0 aliphatic carbocycles. The molecule has 3 aromatic rings. The van der Waals surface area contributed by atoms with E-state index in [2.05, 4.69) is 65.7 Å². The predicted molar refractivity (Wildman–Crippen MR) is 123 cm³/mol. The summed E-state index contributed by atoms with van der Waals surface area (Å²) < 4.78 is 2.29. The van der Waals surface area contributed by atoms with Gasteiger partial charge < -0.3 is 14.8 Å². The van der Waals surface area contributed by atoms with E-state index in [1.165, 1.54) is 22.5 Å². The Morgan fingerprint density at radius 3 is 2.62 bits per heavy atom. The van der Waals surface area contributed by atoms with E-state index >= 15 is 0 Å². The first-order chi connectivity index (χ1) is 13.9. The molecule has 2 atom stereocenters. The van der Waals surface area contributed by atoms with Crippen LogP contribution in [0.25, 0.3) is 5.69 Å². The van der Waals surface area contributed by atoms with Gasteiger partial charge in [0, 0.05) is 34.8 Å². The van der Waals surface area contributed by atoms with Crippen molar-refractivity contribution < 1.29 is 0 Å². The molecule has 0 radical (unpaired) electrons. The van der Waals surface area contributed by atoms with Crippen LogP contribution in [0, 0.1) is 20.8 Å². The van der Waals surface area contributed by atoms with Gasteiger partial charge in [-0.3, -0.25) is 4.98 Å². The quantitative estimate of drug-likeness (QED) is 0.565. The van der Waals surface area contributed by atoms with Gasteiger partial charge in [0.25, 0.3) is 0 Å². The van der Waals surface area contributed by atoms with Crippen LogP contribution >= 0.6 is 23.8 Å². The highest BCUT2D eigenvalue weighted by atomic mass is 35.5. The SMILES string of the molecule is CCN1C(=S)N[C@@H](c2ccccn2)[C@@H]1c1cc(C)n(-c2cc(Cl)ccc2C)c1C. The summed E-state index contributed by atoms with van der Waals surface area (Å²) in [6.45, 7) is 9.41. The van der Waals surface area contributed by atoms with Crippen molar-refractivity contribution in [2.24, 2.45) is 0 Å². The minimum atomic E-state index is 0.0121. The van der Waals surface area contributed by atoms with Crippen LogP contribution in [0.15, 0.2) is 48.7 Å². The Bertz CT molecular complexity index is 1060. The van der Waals surface area contributed by atoms with Crippen LogP contribution in [-0.2, 0) is 0 Å². The summed E-state index contributed by atoms with van der Waals surface area (Å²) in [6, 6.07) is 14.4. The summed E-state index contributed by atoms with van der Waals surface area (Å²) in [5.41, 5.74) is 6.94. The van der Waals surface area contributed by atoms with Crippen molar-refractivity contribution in [3.8, 4) is 5.69 Å². The molecule has 4 nitrogen and oxygen atoms in total. The van der Waals surface area contributed by atoms with E-state index in [9.17, 15) is 0 Å². The Labute approximate surface area is 182 Å². The topological polar surface area (TPSA) is 33.1 Å². The van der Waals surface area contributed by atoms with Gasteiger partial charge in [-0.15, -0.1) is 0 Å². The molecule has 150 valence electrons. The smallest absolute Gasteiger partial charge is 0.170 e. The summed E-state index contributed by atoms with van der Waals surface area (Å²) in [5.74, 6) is 0. The third kappa shape index (κ3) is 3.43. The molecule has 0 saturated carbocycles. The van der Waals surface area contributed by atoms with Crippen LogP contribution in [0.1, 0.15) is 47.2 Å². The Hall–Kier alpha value is -2.37. The highest BCUT2D eigenvalue weighted by Gasteiger charge is 2.40. The van der Waals surface area contributed by atoms with Crippen LogP contribution in [-0.4, -0.2) is 26.1 Å². The molecular formula is C23H25ClN4S. The van der Waals surface area contributed by atoms with Crippen LogP contribution in [0.5, 0.6) is 0 Å². The van der Waals surface area contributed by atoms with E-state index in [1.807, 2.05) is 30.5 Å². The number of likely N-dealkylation sites (N-methyl/N-ethyl adjacent to an activating group) is 1. The number of hydrogen-bond acceptors (Lipinski definition) is 2. The van der Waals surface area contributed by atoms with E-state index in [0.717, 1.165) is 28.1 Å². The normalized spacial score (nSPS) is 18.9.